The molecule has 1 atom stereocenters. The highest BCUT2D eigenvalue weighted by atomic mass is 32.2. The molecule has 4 nitrogen and oxygen atoms in total. The summed E-state index contributed by atoms with van der Waals surface area (Å²) in [6.45, 7) is 8.09. The van der Waals surface area contributed by atoms with E-state index in [1.54, 1.807) is 0 Å². The Balaban J connectivity index is 1.55. The van der Waals surface area contributed by atoms with Gasteiger partial charge in [-0.15, -0.1) is 0 Å². The highest BCUT2D eigenvalue weighted by molar-refractivity contribution is 7.95. The minimum atomic E-state index is -3.63. The van der Waals surface area contributed by atoms with Crippen LogP contribution in [0.15, 0.2) is 91.0 Å². The molecule has 6 heteroatoms. The summed E-state index contributed by atoms with van der Waals surface area (Å²) in [5, 5.41) is 4.12. The molecule has 1 aliphatic rings. The third-order valence-electron chi connectivity index (χ3n) is 8.36. The van der Waals surface area contributed by atoms with Gasteiger partial charge in [0, 0.05) is 12.0 Å². The summed E-state index contributed by atoms with van der Waals surface area (Å²) in [6, 6.07) is 32.9. The molecule has 0 amide bonds. The Morgan fingerprint density at radius 3 is 1.70 bits per heavy atom. The summed E-state index contributed by atoms with van der Waals surface area (Å²) in [7, 11) is -5.61. The number of benzene rings is 4. The number of ether oxygens (including phenoxy) is 1. The zero-order valence-corrected chi connectivity index (χ0v) is 25.7. The molecule has 0 saturated carbocycles. The third kappa shape index (κ3) is 5.42. The molecule has 0 spiro atoms. The Morgan fingerprint density at radius 1 is 0.775 bits per heavy atom. The van der Waals surface area contributed by atoms with Crippen molar-refractivity contribution in [2.75, 3.05) is 12.4 Å². The average molecular weight is 574 g/mol. The summed E-state index contributed by atoms with van der Waals surface area (Å²) in [4.78, 5) is 0. The zero-order chi connectivity index (χ0) is 28.5. The van der Waals surface area contributed by atoms with Crippen LogP contribution >= 0.6 is 7.26 Å². The van der Waals surface area contributed by atoms with Crippen LogP contribution in [0.4, 0.5) is 0 Å². The molecule has 0 bridgehead atoms. The quantitative estimate of drug-likeness (QED) is 0.180. The molecule has 1 heterocycles. The summed E-state index contributed by atoms with van der Waals surface area (Å²) in [6.07, 6.45) is 4.61. The molecule has 1 unspecified atom stereocenters. The van der Waals surface area contributed by atoms with Gasteiger partial charge in [-0.1, -0.05) is 54.6 Å². The van der Waals surface area contributed by atoms with Crippen molar-refractivity contribution < 1.29 is 17.3 Å². The van der Waals surface area contributed by atoms with Gasteiger partial charge in [0.25, 0.3) is 0 Å². The van der Waals surface area contributed by atoms with Crippen molar-refractivity contribution in [1.29, 1.82) is 0 Å². The van der Waals surface area contributed by atoms with E-state index >= 15 is 0 Å². The Morgan fingerprint density at radius 2 is 1.25 bits per heavy atom. The maximum atomic E-state index is 12.0. The molecule has 40 heavy (non-hydrogen) atoms. The van der Waals surface area contributed by atoms with Gasteiger partial charge in [0.15, 0.2) is 0 Å². The Labute approximate surface area is 239 Å². The second kappa shape index (κ2) is 11.0. The normalized spacial score (nSPS) is 17.1. The first-order valence-electron chi connectivity index (χ1n) is 13.8. The van der Waals surface area contributed by atoms with Crippen molar-refractivity contribution in [3.05, 3.63) is 113 Å². The molecule has 0 fully saturated rings. The standard InChI is InChI=1S/C34H38O4PS/c1-25-26(2)33-31(27(3)32(25)38-40(5,35)36)21-22-34(4,37-33)23-24-39(28-15-9-6-10-16-28,29-17-11-7-12-18-29)30-19-13-8-14-20-30/h6-20H,21-24H2,1-5H3/q+1. The molecule has 208 valence electrons. The first-order valence-corrected chi connectivity index (χ1v) is 17.6. The van der Waals surface area contributed by atoms with Gasteiger partial charge in [-0.05, 0) is 93.6 Å². The fraction of sp³-hybridized carbons (Fsp3) is 0.294. The third-order valence-corrected chi connectivity index (χ3v) is 13.3. The van der Waals surface area contributed by atoms with Crippen LogP contribution in [0.5, 0.6) is 11.5 Å². The summed E-state index contributed by atoms with van der Waals surface area (Å²) in [5.74, 6) is 1.32. The Bertz CT molecular complexity index is 1510. The molecule has 4 aromatic carbocycles. The predicted molar refractivity (Wildman–Crippen MR) is 168 cm³/mol. The van der Waals surface area contributed by atoms with Crippen LogP contribution < -0.4 is 24.8 Å². The minimum absolute atomic E-state index is 0.362. The van der Waals surface area contributed by atoms with E-state index in [9.17, 15) is 8.42 Å². The monoisotopic (exact) mass is 573 g/mol. The average Bonchev–Trinajstić information content (AvgIpc) is 2.96. The van der Waals surface area contributed by atoms with E-state index in [4.69, 9.17) is 8.92 Å². The number of hydrogen-bond acceptors (Lipinski definition) is 4. The Hall–Kier alpha value is -3.14. The van der Waals surface area contributed by atoms with E-state index in [1.165, 1.54) is 15.9 Å². The molecule has 0 radical (unpaired) electrons. The lowest BCUT2D eigenvalue weighted by Gasteiger charge is -2.39. The first kappa shape index (κ1) is 28.4. The fourth-order valence-electron chi connectivity index (χ4n) is 6.02. The molecule has 1 aliphatic heterocycles. The van der Waals surface area contributed by atoms with Crippen LogP contribution in [-0.4, -0.2) is 26.4 Å². The molecule has 5 rings (SSSR count). The van der Waals surface area contributed by atoms with Gasteiger partial charge in [-0.2, -0.15) is 8.42 Å². The zero-order valence-electron chi connectivity index (χ0n) is 24.0. The van der Waals surface area contributed by atoms with Crippen molar-refractivity contribution in [1.82, 2.24) is 0 Å². The highest BCUT2D eigenvalue weighted by Gasteiger charge is 2.47. The van der Waals surface area contributed by atoms with E-state index in [0.29, 0.717) is 5.75 Å². The van der Waals surface area contributed by atoms with Gasteiger partial charge in [0.1, 0.15) is 40.3 Å². The lowest BCUT2D eigenvalue weighted by atomic mass is 9.86. The summed E-state index contributed by atoms with van der Waals surface area (Å²) >= 11 is 0. The van der Waals surface area contributed by atoms with E-state index in [-0.39, 0.29) is 5.60 Å². The van der Waals surface area contributed by atoms with Gasteiger partial charge in [0.05, 0.1) is 12.4 Å². The second-order valence-corrected chi connectivity index (χ2v) is 16.3. The van der Waals surface area contributed by atoms with Crippen molar-refractivity contribution in [2.24, 2.45) is 0 Å². The SMILES string of the molecule is Cc1c(C)c2c(c(C)c1OS(C)(=O)=O)CCC(C)(CC[P+](c1ccccc1)(c1ccccc1)c1ccccc1)O2. The Kier molecular flexibility index (Phi) is 7.83. The van der Waals surface area contributed by atoms with Crippen LogP contribution in [0.25, 0.3) is 0 Å². The maximum Gasteiger partial charge on any atom is 0.306 e. The molecular weight excluding hydrogens is 535 g/mol. The molecule has 0 aromatic heterocycles. The minimum Gasteiger partial charge on any atom is -0.487 e. The van der Waals surface area contributed by atoms with E-state index in [0.717, 1.165) is 59.7 Å². The maximum absolute atomic E-state index is 12.0. The van der Waals surface area contributed by atoms with Crippen molar-refractivity contribution in [3.8, 4) is 11.5 Å². The van der Waals surface area contributed by atoms with Gasteiger partial charge in [-0.3, -0.25) is 0 Å². The molecule has 4 aromatic rings. The molecule has 0 aliphatic carbocycles. The van der Waals surface area contributed by atoms with E-state index in [1.807, 2.05) is 20.8 Å². The molecular formula is C34H38O4PS+. The second-order valence-electron chi connectivity index (χ2n) is 11.1. The largest absolute Gasteiger partial charge is 0.487 e. The topological polar surface area (TPSA) is 52.6 Å². The van der Waals surface area contributed by atoms with Gasteiger partial charge >= 0.3 is 10.1 Å². The van der Waals surface area contributed by atoms with Crippen molar-refractivity contribution in [2.45, 2.75) is 52.6 Å². The highest BCUT2D eigenvalue weighted by Crippen LogP contribution is 2.57. The summed E-state index contributed by atoms with van der Waals surface area (Å²) in [5.41, 5.74) is 3.30. The summed E-state index contributed by atoms with van der Waals surface area (Å²) < 4.78 is 36.3. The van der Waals surface area contributed by atoms with Gasteiger partial charge in [-0.25, -0.2) is 0 Å². The lowest BCUT2D eigenvalue weighted by Crippen LogP contribution is -2.41. The molecule has 0 N–H and O–H groups in total. The molecule has 0 saturated heterocycles. The van der Waals surface area contributed by atoms with Crippen LogP contribution in [0.1, 0.15) is 42.0 Å². The van der Waals surface area contributed by atoms with Crippen LogP contribution in [0.2, 0.25) is 0 Å². The van der Waals surface area contributed by atoms with Crippen LogP contribution in [-0.2, 0) is 16.5 Å². The van der Waals surface area contributed by atoms with E-state index in [2.05, 4.69) is 97.9 Å². The van der Waals surface area contributed by atoms with Crippen molar-refractivity contribution >= 4 is 33.3 Å². The van der Waals surface area contributed by atoms with Gasteiger partial charge < -0.3 is 8.92 Å². The number of fused-ring (bicyclic) bond motifs is 1. The fourth-order valence-corrected chi connectivity index (χ4v) is 11.1. The lowest BCUT2D eigenvalue weighted by molar-refractivity contribution is 0.0608. The number of rotatable bonds is 8. The first-order chi connectivity index (χ1) is 19.0. The smallest absolute Gasteiger partial charge is 0.306 e. The van der Waals surface area contributed by atoms with Gasteiger partial charge in [0.2, 0.25) is 0 Å². The van der Waals surface area contributed by atoms with Crippen LogP contribution in [0.3, 0.4) is 0 Å². The number of hydrogen-bond donors (Lipinski definition) is 0. The van der Waals surface area contributed by atoms with Crippen molar-refractivity contribution in [3.63, 3.8) is 0 Å². The van der Waals surface area contributed by atoms with Crippen LogP contribution in [0, 0.1) is 20.8 Å². The van der Waals surface area contributed by atoms with E-state index < -0.39 is 17.4 Å². The predicted octanol–water partition coefficient (Wildman–Crippen LogP) is 6.42.